The number of aliphatic hydroxyl groups excluding tert-OH is 1. The highest BCUT2D eigenvalue weighted by Gasteiger charge is 2.13. The normalized spacial score (nSPS) is 12.7. The van der Waals surface area contributed by atoms with Crippen molar-refractivity contribution in [2.24, 2.45) is 0 Å². The van der Waals surface area contributed by atoms with Crippen LogP contribution in [0.25, 0.3) is 0 Å². The summed E-state index contributed by atoms with van der Waals surface area (Å²) in [5.41, 5.74) is 0.118. The molecular weight excluding hydrogens is 280 g/mol. The molecule has 0 aliphatic rings. The molecule has 0 bridgehead atoms. The fraction of sp³-hybridized carbons (Fsp3) is 0.600. The molecule has 1 unspecified atom stereocenters. The molecule has 0 amide bonds. The Morgan fingerprint density at radius 2 is 1.95 bits per heavy atom. The predicted octanol–water partition coefficient (Wildman–Crippen LogP) is 2.49. The third-order valence-corrected chi connectivity index (χ3v) is 2.79. The zero-order chi connectivity index (χ0) is 15.8. The molecule has 4 nitrogen and oxygen atoms in total. The Morgan fingerprint density at radius 1 is 1.24 bits per heavy atom. The largest absolute Gasteiger partial charge is 0.389 e. The number of aryl methyl sites for hydroxylation is 1. The van der Waals surface area contributed by atoms with E-state index in [4.69, 9.17) is 9.47 Å². The summed E-state index contributed by atoms with van der Waals surface area (Å²) in [5.74, 6) is -1.33. The van der Waals surface area contributed by atoms with Gasteiger partial charge in [0.05, 0.1) is 32.0 Å². The molecule has 2 N–H and O–H groups in total. The van der Waals surface area contributed by atoms with Crippen LogP contribution < -0.4 is 5.32 Å². The Bertz CT molecular complexity index is 441. The molecule has 0 aliphatic heterocycles. The van der Waals surface area contributed by atoms with E-state index >= 15 is 0 Å². The summed E-state index contributed by atoms with van der Waals surface area (Å²) in [5, 5.41) is 12.3. The molecule has 1 aromatic carbocycles. The maximum absolute atomic E-state index is 13.7. The van der Waals surface area contributed by atoms with Gasteiger partial charge in [-0.05, 0) is 32.4 Å². The average molecular weight is 303 g/mol. The van der Waals surface area contributed by atoms with Gasteiger partial charge in [0.2, 0.25) is 0 Å². The summed E-state index contributed by atoms with van der Waals surface area (Å²) in [4.78, 5) is 0. The average Bonchev–Trinajstić information content (AvgIpc) is 2.42. The summed E-state index contributed by atoms with van der Waals surface area (Å²) in [6.07, 6.45) is -0.726. The van der Waals surface area contributed by atoms with Crippen LogP contribution in [0.5, 0.6) is 0 Å². The van der Waals surface area contributed by atoms with Gasteiger partial charge in [-0.15, -0.1) is 0 Å². The van der Waals surface area contributed by atoms with Gasteiger partial charge in [-0.25, -0.2) is 8.78 Å². The zero-order valence-corrected chi connectivity index (χ0v) is 12.7. The van der Waals surface area contributed by atoms with E-state index in [1.807, 2.05) is 13.8 Å². The predicted molar refractivity (Wildman–Crippen MR) is 77.5 cm³/mol. The van der Waals surface area contributed by atoms with Crippen LogP contribution in [0, 0.1) is 18.6 Å². The van der Waals surface area contributed by atoms with Crippen LogP contribution in [0.2, 0.25) is 0 Å². The highest BCUT2D eigenvalue weighted by atomic mass is 19.1. The Balaban J connectivity index is 2.30. The summed E-state index contributed by atoms with van der Waals surface area (Å²) in [6, 6.07) is 2.55. The lowest BCUT2D eigenvalue weighted by molar-refractivity contribution is -0.00736. The lowest BCUT2D eigenvalue weighted by atomic mass is 10.2. The summed E-state index contributed by atoms with van der Waals surface area (Å²) < 4.78 is 37.7. The van der Waals surface area contributed by atoms with Gasteiger partial charge in [-0.2, -0.15) is 0 Å². The topological polar surface area (TPSA) is 50.7 Å². The minimum absolute atomic E-state index is 0.00231. The number of halogens is 2. The van der Waals surface area contributed by atoms with Crippen molar-refractivity contribution in [2.45, 2.75) is 33.0 Å². The lowest BCUT2D eigenvalue weighted by Gasteiger charge is -2.15. The monoisotopic (exact) mass is 303 g/mol. The number of rotatable bonds is 9. The van der Waals surface area contributed by atoms with Crippen LogP contribution in [-0.4, -0.2) is 43.7 Å². The van der Waals surface area contributed by atoms with E-state index in [1.54, 1.807) is 6.92 Å². The van der Waals surface area contributed by atoms with E-state index in [0.717, 1.165) is 0 Å². The first-order valence-corrected chi connectivity index (χ1v) is 6.97. The van der Waals surface area contributed by atoms with Gasteiger partial charge in [0.15, 0.2) is 5.82 Å². The van der Waals surface area contributed by atoms with Crippen molar-refractivity contribution in [1.29, 1.82) is 0 Å². The van der Waals surface area contributed by atoms with Crippen molar-refractivity contribution in [3.05, 3.63) is 29.3 Å². The molecule has 0 spiro atoms. The SMILES string of the molecule is Cc1ccc(F)c(NCC(O)COCCOC(C)C)c1F. The number of anilines is 1. The van der Waals surface area contributed by atoms with Gasteiger partial charge in [-0.1, -0.05) is 6.07 Å². The second-order valence-corrected chi connectivity index (χ2v) is 5.08. The minimum Gasteiger partial charge on any atom is -0.389 e. The van der Waals surface area contributed by atoms with Crippen LogP contribution in [-0.2, 0) is 9.47 Å². The maximum atomic E-state index is 13.7. The highest BCUT2D eigenvalue weighted by molar-refractivity contribution is 5.48. The van der Waals surface area contributed by atoms with Crippen LogP contribution in [0.1, 0.15) is 19.4 Å². The van der Waals surface area contributed by atoms with Gasteiger partial charge in [0.25, 0.3) is 0 Å². The summed E-state index contributed by atoms with van der Waals surface area (Å²) in [6.45, 7) is 6.27. The number of nitrogens with one attached hydrogen (secondary N) is 1. The number of hydrogen-bond acceptors (Lipinski definition) is 4. The fourth-order valence-corrected chi connectivity index (χ4v) is 1.66. The second-order valence-electron chi connectivity index (χ2n) is 5.08. The number of ether oxygens (including phenoxy) is 2. The molecule has 1 rings (SSSR count). The van der Waals surface area contributed by atoms with Gasteiger partial charge >= 0.3 is 0 Å². The summed E-state index contributed by atoms with van der Waals surface area (Å²) in [7, 11) is 0. The van der Waals surface area contributed by atoms with Gasteiger partial charge in [0, 0.05) is 6.54 Å². The van der Waals surface area contributed by atoms with Crippen molar-refractivity contribution in [1.82, 2.24) is 0 Å². The molecule has 1 atom stereocenters. The van der Waals surface area contributed by atoms with E-state index in [0.29, 0.717) is 18.8 Å². The van der Waals surface area contributed by atoms with Gasteiger partial charge < -0.3 is 19.9 Å². The first-order chi connectivity index (χ1) is 9.91. The van der Waals surface area contributed by atoms with Crippen molar-refractivity contribution >= 4 is 5.69 Å². The maximum Gasteiger partial charge on any atom is 0.152 e. The Kier molecular flexibility index (Phi) is 7.56. The van der Waals surface area contributed by atoms with Crippen LogP contribution >= 0.6 is 0 Å². The van der Waals surface area contributed by atoms with E-state index in [1.165, 1.54) is 12.1 Å². The standard InChI is InChI=1S/C15H23F2NO3/c1-10(2)21-7-6-20-9-12(19)8-18-15-13(16)5-4-11(3)14(15)17/h4-5,10,12,18-19H,6-9H2,1-3H3. The molecule has 0 saturated carbocycles. The van der Waals surface area contributed by atoms with Crippen LogP contribution in [0.3, 0.4) is 0 Å². The zero-order valence-electron chi connectivity index (χ0n) is 12.7. The van der Waals surface area contributed by atoms with Gasteiger partial charge in [0.1, 0.15) is 11.5 Å². The van der Waals surface area contributed by atoms with Crippen LogP contribution in [0.4, 0.5) is 14.5 Å². The Labute approximate surface area is 124 Å². The molecule has 21 heavy (non-hydrogen) atoms. The van der Waals surface area contributed by atoms with Crippen LogP contribution in [0.15, 0.2) is 12.1 Å². The molecule has 1 aromatic rings. The summed E-state index contributed by atoms with van der Waals surface area (Å²) >= 11 is 0. The fourth-order valence-electron chi connectivity index (χ4n) is 1.66. The smallest absolute Gasteiger partial charge is 0.152 e. The Hall–Kier alpha value is -1.24. The third kappa shape index (κ3) is 6.37. The second kappa shape index (κ2) is 8.92. The van der Waals surface area contributed by atoms with Gasteiger partial charge in [-0.3, -0.25) is 0 Å². The first-order valence-electron chi connectivity index (χ1n) is 6.97. The molecular formula is C15H23F2NO3. The van der Waals surface area contributed by atoms with Crippen molar-refractivity contribution < 1.29 is 23.4 Å². The third-order valence-electron chi connectivity index (χ3n) is 2.79. The molecule has 0 aromatic heterocycles. The minimum atomic E-state index is -0.858. The molecule has 6 heteroatoms. The molecule has 0 aliphatic carbocycles. The van der Waals surface area contributed by atoms with E-state index in [-0.39, 0.29) is 24.9 Å². The molecule has 0 saturated heterocycles. The van der Waals surface area contributed by atoms with Crippen molar-refractivity contribution in [3.63, 3.8) is 0 Å². The molecule has 0 radical (unpaired) electrons. The number of benzene rings is 1. The quantitative estimate of drug-likeness (QED) is 0.688. The number of hydrogen-bond donors (Lipinski definition) is 2. The van der Waals surface area contributed by atoms with E-state index < -0.39 is 17.7 Å². The number of aliphatic hydroxyl groups is 1. The van der Waals surface area contributed by atoms with E-state index in [2.05, 4.69) is 5.32 Å². The molecule has 0 heterocycles. The highest BCUT2D eigenvalue weighted by Crippen LogP contribution is 2.21. The molecule has 120 valence electrons. The Morgan fingerprint density at radius 3 is 2.62 bits per heavy atom. The van der Waals surface area contributed by atoms with E-state index in [9.17, 15) is 13.9 Å². The van der Waals surface area contributed by atoms with Crippen molar-refractivity contribution in [2.75, 3.05) is 31.7 Å². The molecule has 0 fully saturated rings. The first kappa shape index (κ1) is 17.8. The van der Waals surface area contributed by atoms with Crippen molar-refractivity contribution in [3.8, 4) is 0 Å². The lowest BCUT2D eigenvalue weighted by Crippen LogP contribution is -2.26.